The number of halogens is 1. The number of carbonyl (C=O) groups excluding carboxylic acids is 2. The Bertz CT molecular complexity index is 1210. The predicted molar refractivity (Wildman–Crippen MR) is 131 cm³/mol. The maximum Gasteiger partial charge on any atom is 0.254 e. The smallest absolute Gasteiger partial charge is 0.254 e. The van der Waals surface area contributed by atoms with Crippen molar-refractivity contribution >= 4 is 46.6 Å². The van der Waals surface area contributed by atoms with E-state index in [2.05, 4.69) is 32.3 Å². The van der Waals surface area contributed by atoms with Crippen LogP contribution in [-0.2, 0) is 4.79 Å². The number of anilines is 4. The highest BCUT2D eigenvalue weighted by molar-refractivity contribution is 6.33. The molecule has 34 heavy (non-hydrogen) atoms. The fourth-order valence-corrected chi connectivity index (χ4v) is 4.11. The summed E-state index contributed by atoms with van der Waals surface area (Å²) in [5.74, 6) is -0.196. The van der Waals surface area contributed by atoms with E-state index in [4.69, 9.17) is 17.3 Å². The number of hydrogen-bond donors (Lipinski definition) is 3. The van der Waals surface area contributed by atoms with Gasteiger partial charge in [0, 0.05) is 25.5 Å². The van der Waals surface area contributed by atoms with E-state index in [1.54, 1.807) is 17.2 Å². The number of nitrogens with zero attached hydrogens (tertiary/aromatic N) is 5. The minimum absolute atomic E-state index is 0.0470. The molecule has 3 heterocycles. The molecule has 1 aromatic carbocycles. The van der Waals surface area contributed by atoms with Crippen LogP contribution in [0.25, 0.3) is 0 Å². The number of likely N-dealkylation sites (tertiary alicyclic amines) is 1. The molecule has 176 valence electrons. The van der Waals surface area contributed by atoms with Crippen molar-refractivity contribution in [2.45, 2.75) is 25.8 Å². The second-order valence-electron chi connectivity index (χ2n) is 7.97. The van der Waals surface area contributed by atoms with E-state index in [-0.39, 0.29) is 29.3 Å². The summed E-state index contributed by atoms with van der Waals surface area (Å²) in [5, 5.41) is 11.2. The Morgan fingerprint density at radius 2 is 2.00 bits per heavy atom. The van der Waals surface area contributed by atoms with E-state index < -0.39 is 5.91 Å². The summed E-state index contributed by atoms with van der Waals surface area (Å²) >= 11 is 6.32. The lowest BCUT2D eigenvalue weighted by Crippen LogP contribution is -2.38. The van der Waals surface area contributed by atoms with Crippen molar-refractivity contribution in [3.63, 3.8) is 0 Å². The van der Waals surface area contributed by atoms with Gasteiger partial charge in [-0.15, -0.1) is 0 Å². The van der Waals surface area contributed by atoms with E-state index >= 15 is 0 Å². The number of aryl methyl sites for hydroxylation is 1. The maximum absolute atomic E-state index is 11.9. The molecule has 1 aliphatic heterocycles. The zero-order chi connectivity index (χ0) is 24.2. The molecule has 2 aromatic heterocycles. The van der Waals surface area contributed by atoms with Gasteiger partial charge in [0.05, 0.1) is 28.6 Å². The van der Waals surface area contributed by atoms with E-state index in [0.29, 0.717) is 29.5 Å². The van der Waals surface area contributed by atoms with Crippen LogP contribution in [0, 0.1) is 6.92 Å². The molecule has 1 fully saturated rings. The minimum atomic E-state index is -0.659. The first-order valence-corrected chi connectivity index (χ1v) is 11.1. The van der Waals surface area contributed by atoms with Crippen LogP contribution in [0.1, 0.15) is 34.8 Å². The molecule has 0 spiro atoms. The summed E-state index contributed by atoms with van der Waals surface area (Å²) in [5.41, 5.74) is 7.86. The molecule has 0 unspecified atom stereocenters. The molecular formula is C23H25ClN8O2. The molecular weight excluding hydrogens is 456 g/mol. The zero-order valence-electron chi connectivity index (χ0n) is 18.7. The molecule has 0 radical (unpaired) electrons. The number of hydrogen-bond acceptors (Lipinski definition) is 7. The standard InChI is InChI=1S/C23H25ClN8O2/c1-3-19(33)31-9-7-16(8-10-31)32-13-15(11-27-32)28-23-26-12-17(21(25)34)22(30-23)29-20-14(2)5-4-6-18(20)24/h3-6,11-13,16H,1,7-10H2,2H3,(H2,25,34)(H2,26,28,29,30). The monoisotopic (exact) mass is 480 g/mol. The Hall–Kier alpha value is -3.92. The van der Waals surface area contributed by atoms with Gasteiger partial charge in [0.2, 0.25) is 11.9 Å². The minimum Gasteiger partial charge on any atom is -0.365 e. The Balaban J connectivity index is 1.50. The van der Waals surface area contributed by atoms with Gasteiger partial charge in [0.15, 0.2) is 0 Å². The highest BCUT2D eigenvalue weighted by atomic mass is 35.5. The van der Waals surface area contributed by atoms with Gasteiger partial charge in [-0.2, -0.15) is 10.1 Å². The van der Waals surface area contributed by atoms with Gasteiger partial charge in [0.25, 0.3) is 5.91 Å². The molecule has 4 rings (SSSR count). The number of primary amides is 1. The summed E-state index contributed by atoms with van der Waals surface area (Å²) < 4.78 is 1.88. The summed E-state index contributed by atoms with van der Waals surface area (Å²) in [6, 6.07) is 5.66. The normalized spacial score (nSPS) is 14.0. The predicted octanol–water partition coefficient (Wildman–Crippen LogP) is 3.57. The van der Waals surface area contributed by atoms with Gasteiger partial charge in [-0.1, -0.05) is 30.3 Å². The van der Waals surface area contributed by atoms with Gasteiger partial charge in [-0.05, 0) is 37.5 Å². The molecule has 1 aliphatic rings. The van der Waals surface area contributed by atoms with Crippen molar-refractivity contribution in [1.82, 2.24) is 24.6 Å². The Morgan fingerprint density at radius 1 is 1.24 bits per heavy atom. The van der Waals surface area contributed by atoms with Crippen LogP contribution in [0.2, 0.25) is 5.02 Å². The number of nitrogens with one attached hydrogen (secondary N) is 2. The van der Waals surface area contributed by atoms with Gasteiger partial charge in [-0.3, -0.25) is 14.3 Å². The van der Waals surface area contributed by atoms with Gasteiger partial charge in [0.1, 0.15) is 11.4 Å². The topological polar surface area (TPSA) is 131 Å². The van der Waals surface area contributed by atoms with Crippen molar-refractivity contribution in [2.75, 3.05) is 23.7 Å². The lowest BCUT2D eigenvalue weighted by molar-refractivity contribution is -0.127. The largest absolute Gasteiger partial charge is 0.365 e. The number of benzene rings is 1. The number of amides is 2. The van der Waals surface area contributed by atoms with Crippen LogP contribution in [0.15, 0.2) is 49.4 Å². The van der Waals surface area contributed by atoms with Gasteiger partial charge in [-0.25, -0.2) is 4.98 Å². The molecule has 0 saturated carbocycles. The second kappa shape index (κ2) is 9.92. The molecule has 3 aromatic rings. The molecule has 0 bridgehead atoms. The van der Waals surface area contributed by atoms with E-state index in [9.17, 15) is 9.59 Å². The van der Waals surface area contributed by atoms with E-state index in [1.165, 1.54) is 12.3 Å². The van der Waals surface area contributed by atoms with Gasteiger partial charge >= 0.3 is 0 Å². The molecule has 1 saturated heterocycles. The maximum atomic E-state index is 11.9. The highest BCUT2D eigenvalue weighted by Gasteiger charge is 2.23. The van der Waals surface area contributed by atoms with Crippen molar-refractivity contribution in [3.8, 4) is 0 Å². The van der Waals surface area contributed by atoms with Crippen LogP contribution in [0.5, 0.6) is 0 Å². The van der Waals surface area contributed by atoms with Crippen LogP contribution in [-0.4, -0.2) is 49.6 Å². The summed E-state index contributed by atoms with van der Waals surface area (Å²) in [4.78, 5) is 34.2. The van der Waals surface area contributed by atoms with Crippen molar-refractivity contribution in [2.24, 2.45) is 5.73 Å². The molecule has 11 heteroatoms. The molecule has 0 aliphatic carbocycles. The van der Waals surface area contributed by atoms with Crippen LogP contribution < -0.4 is 16.4 Å². The number of piperidine rings is 1. The average Bonchev–Trinajstić information content (AvgIpc) is 3.29. The Labute approximate surface area is 201 Å². The molecule has 2 amide bonds. The molecule has 4 N–H and O–H groups in total. The number of rotatable bonds is 7. The van der Waals surface area contributed by atoms with Crippen molar-refractivity contribution in [3.05, 3.63) is 65.6 Å². The summed E-state index contributed by atoms with van der Waals surface area (Å²) in [6.45, 7) is 6.76. The molecule has 10 nitrogen and oxygen atoms in total. The first-order chi connectivity index (χ1) is 16.4. The Morgan fingerprint density at radius 3 is 2.68 bits per heavy atom. The number of carbonyl (C=O) groups is 2. The lowest BCUT2D eigenvalue weighted by atomic mass is 10.1. The van der Waals surface area contributed by atoms with Crippen LogP contribution in [0.4, 0.5) is 23.1 Å². The number of para-hydroxylation sites is 1. The summed E-state index contributed by atoms with van der Waals surface area (Å²) in [7, 11) is 0. The fourth-order valence-electron chi connectivity index (χ4n) is 3.84. The third-order valence-electron chi connectivity index (χ3n) is 5.70. The third-order valence-corrected chi connectivity index (χ3v) is 6.02. The zero-order valence-corrected chi connectivity index (χ0v) is 19.4. The first-order valence-electron chi connectivity index (χ1n) is 10.8. The molecule has 0 atom stereocenters. The Kier molecular flexibility index (Phi) is 6.78. The lowest BCUT2D eigenvalue weighted by Gasteiger charge is -2.31. The average molecular weight is 481 g/mol. The van der Waals surface area contributed by atoms with Gasteiger partial charge < -0.3 is 21.3 Å². The quantitative estimate of drug-likeness (QED) is 0.440. The number of aromatic nitrogens is 4. The fraction of sp³-hybridized carbons (Fsp3) is 0.261. The summed E-state index contributed by atoms with van der Waals surface area (Å²) in [6.07, 6.45) is 7.86. The van der Waals surface area contributed by atoms with Crippen molar-refractivity contribution < 1.29 is 9.59 Å². The van der Waals surface area contributed by atoms with Crippen molar-refractivity contribution in [1.29, 1.82) is 0 Å². The van der Waals surface area contributed by atoms with Crippen LogP contribution in [0.3, 0.4) is 0 Å². The highest BCUT2D eigenvalue weighted by Crippen LogP contribution is 2.30. The SMILES string of the molecule is C=CC(=O)N1CCC(n2cc(Nc3ncc(C(N)=O)c(Nc4c(C)cccc4Cl)n3)cn2)CC1. The number of nitrogens with two attached hydrogens (primary N) is 1. The van der Waals surface area contributed by atoms with Crippen LogP contribution >= 0.6 is 11.6 Å². The van der Waals surface area contributed by atoms with E-state index in [1.807, 2.05) is 29.9 Å². The second-order valence-corrected chi connectivity index (χ2v) is 8.38. The first kappa shape index (κ1) is 23.2. The van der Waals surface area contributed by atoms with E-state index in [0.717, 1.165) is 18.4 Å². The third kappa shape index (κ3) is 5.01.